The van der Waals surface area contributed by atoms with E-state index in [0.717, 1.165) is 55.9 Å². The summed E-state index contributed by atoms with van der Waals surface area (Å²) in [5.74, 6) is 1.97. The van der Waals surface area contributed by atoms with Crippen LogP contribution < -0.4 is 4.90 Å². The van der Waals surface area contributed by atoms with Crippen molar-refractivity contribution in [2.24, 2.45) is 0 Å². The summed E-state index contributed by atoms with van der Waals surface area (Å²) in [5.41, 5.74) is 10.9. The molecule has 0 saturated heterocycles. The van der Waals surface area contributed by atoms with Gasteiger partial charge >= 0.3 is 0 Å². The van der Waals surface area contributed by atoms with Crippen molar-refractivity contribution in [2.45, 2.75) is 6.92 Å². The molecule has 0 saturated carbocycles. The summed E-state index contributed by atoms with van der Waals surface area (Å²) in [7, 11) is 0. The Labute approximate surface area is 297 Å². The van der Waals surface area contributed by atoms with E-state index >= 15 is 0 Å². The van der Waals surface area contributed by atoms with Crippen molar-refractivity contribution in [3.63, 3.8) is 0 Å². The van der Waals surface area contributed by atoms with Crippen LogP contribution in [0, 0.1) is 6.92 Å². The number of rotatable bonds is 8. The minimum absolute atomic E-state index is 0.202. The predicted octanol–water partition coefficient (Wildman–Crippen LogP) is 11.7. The van der Waals surface area contributed by atoms with Crippen LogP contribution in [0.3, 0.4) is 0 Å². The Morgan fingerprint density at radius 2 is 0.706 bits per heavy atom. The average Bonchev–Trinajstić information content (AvgIpc) is 3.20. The van der Waals surface area contributed by atoms with Gasteiger partial charge in [0.05, 0.1) is 5.69 Å². The second kappa shape index (κ2) is 13.9. The molecule has 5 nitrogen and oxygen atoms in total. The molecule has 1 heterocycles. The van der Waals surface area contributed by atoms with E-state index in [2.05, 4.69) is 96.8 Å². The molecule has 1 aromatic heterocycles. The van der Waals surface area contributed by atoms with Crippen LogP contribution in [0.4, 0.5) is 17.1 Å². The van der Waals surface area contributed by atoms with Crippen LogP contribution in [0.2, 0.25) is 0 Å². The highest BCUT2D eigenvalue weighted by atomic mass is 16.3. The van der Waals surface area contributed by atoms with Gasteiger partial charge in [0.2, 0.25) is 0 Å². The van der Waals surface area contributed by atoms with Gasteiger partial charge in [-0.05, 0) is 77.2 Å². The number of phenolic OH excluding ortho intramolecular Hbond substituents is 1. The fourth-order valence-electron chi connectivity index (χ4n) is 6.28. The summed E-state index contributed by atoms with van der Waals surface area (Å²) >= 11 is 0. The molecule has 0 bridgehead atoms. The molecule has 0 spiro atoms. The molecule has 0 unspecified atom stereocenters. The molecule has 8 aromatic rings. The first-order valence-electron chi connectivity index (χ1n) is 16.9. The fraction of sp³-hybridized carbons (Fsp3) is 0.0217. The van der Waals surface area contributed by atoms with Crippen molar-refractivity contribution in [2.75, 3.05) is 4.90 Å². The zero-order valence-electron chi connectivity index (χ0n) is 28.1. The van der Waals surface area contributed by atoms with Crippen molar-refractivity contribution < 1.29 is 5.11 Å². The minimum atomic E-state index is 0.202. The molecular weight excluding hydrogens is 625 g/mol. The number of phenols is 1. The number of para-hydroxylation sites is 3. The van der Waals surface area contributed by atoms with E-state index in [1.807, 2.05) is 91.0 Å². The standard InChI is InChI=1S/C46H34N4O/c1-32-12-8-9-17-41(32)50(42-18-10-11-19-43(42)51)40-30-28-39(29-31-40)46-48-44(37-24-20-35(21-25-37)33-13-4-2-5-14-33)47-45(49-46)38-26-22-36(23-27-38)34-15-6-3-7-16-34/h2-31,51H,1H3. The van der Waals surface area contributed by atoms with Gasteiger partial charge in [-0.2, -0.15) is 0 Å². The molecule has 51 heavy (non-hydrogen) atoms. The van der Waals surface area contributed by atoms with Gasteiger partial charge in [-0.1, -0.05) is 140 Å². The smallest absolute Gasteiger partial charge is 0.164 e. The topological polar surface area (TPSA) is 62.1 Å². The lowest BCUT2D eigenvalue weighted by Crippen LogP contribution is -2.11. The molecule has 0 aliphatic rings. The van der Waals surface area contributed by atoms with Crippen molar-refractivity contribution in [3.8, 4) is 62.2 Å². The maximum Gasteiger partial charge on any atom is 0.164 e. The number of aromatic nitrogens is 3. The van der Waals surface area contributed by atoms with Gasteiger partial charge < -0.3 is 10.0 Å². The van der Waals surface area contributed by atoms with Crippen LogP contribution >= 0.6 is 0 Å². The monoisotopic (exact) mass is 658 g/mol. The van der Waals surface area contributed by atoms with Gasteiger partial charge in [0.25, 0.3) is 0 Å². The van der Waals surface area contributed by atoms with Crippen molar-refractivity contribution in [3.05, 3.63) is 188 Å². The Balaban J connectivity index is 1.20. The largest absolute Gasteiger partial charge is 0.506 e. The third-order valence-corrected chi connectivity index (χ3v) is 9.00. The third-order valence-electron chi connectivity index (χ3n) is 9.00. The number of nitrogens with zero attached hydrogens (tertiary/aromatic N) is 4. The number of anilines is 3. The molecule has 0 fully saturated rings. The van der Waals surface area contributed by atoms with Crippen LogP contribution in [0.15, 0.2) is 182 Å². The number of benzene rings is 7. The Morgan fingerprint density at radius 3 is 1.16 bits per heavy atom. The minimum Gasteiger partial charge on any atom is -0.506 e. The Kier molecular flexibility index (Phi) is 8.59. The molecule has 0 aliphatic carbocycles. The molecule has 0 atom stereocenters. The summed E-state index contributed by atoms with van der Waals surface area (Å²) in [6, 6.07) is 61.1. The van der Waals surface area contributed by atoms with E-state index in [1.165, 1.54) is 0 Å². The zero-order chi connectivity index (χ0) is 34.6. The lowest BCUT2D eigenvalue weighted by molar-refractivity contribution is 0.476. The maximum absolute atomic E-state index is 10.9. The van der Waals surface area contributed by atoms with Gasteiger partial charge in [-0.25, -0.2) is 15.0 Å². The Hall–Kier alpha value is -6.85. The zero-order valence-corrected chi connectivity index (χ0v) is 28.1. The predicted molar refractivity (Wildman–Crippen MR) is 208 cm³/mol. The van der Waals surface area contributed by atoms with Crippen LogP contribution in [-0.4, -0.2) is 20.1 Å². The van der Waals surface area contributed by atoms with Gasteiger partial charge in [0.15, 0.2) is 17.5 Å². The highest BCUT2D eigenvalue weighted by Crippen LogP contribution is 2.41. The van der Waals surface area contributed by atoms with Crippen molar-refractivity contribution >= 4 is 17.1 Å². The van der Waals surface area contributed by atoms with E-state index in [9.17, 15) is 5.11 Å². The molecule has 7 aromatic carbocycles. The first-order valence-corrected chi connectivity index (χ1v) is 16.9. The normalized spacial score (nSPS) is 10.9. The first kappa shape index (κ1) is 31.4. The number of hydrogen-bond acceptors (Lipinski definition) is 5. The summed E-state index contributed by atoms with van der Waals surface area (Å²) in [6.07, 6.45) is 0. The van der Waals surface area contributed by atoms with E-state index < -0.39 is 0 Å². The molecule has 1 N–H and O–H groups in total. The number of hydrogen-bond donors (Lipinski definition) is 1. The third kappa shape index (κ3) is 6.61. The lowest BCUT2D eigenvalue weighted by Gasteiger charge is -2.27. The molecule has 244 valence electrons. The van der Waals surface area contributed by atoms with Crippen LogP contribution in [0.25, 0.3) is 56.4 Å². The second-order valence-electron chi connectivity index (χ2n) is 12.4. The van der Waals surface area contributed by atoms with Crippen LogP contribution in [0.1, 0.15) is 5.56 Å². The molecule has 0 aliphatic heterocycles. The highest BCUT2D eigenvalue weighted by Gasteiger charge is 2.18. The van der Waals surface area contributed by atoms with Gasteiger partial charge in [-0.3, -0.25) is 0 Å². The van der Waals surface area contributed by atoms with E-state index in [4.69, 9.17) is 15.0 Å². The molecule has 5 heteroatoms. The van der Waals surface area contributed by atoms with E-state index in [0.29, 0.717) is 23.2 Å². The average molecular weight is 659 g/mol. The SMILES string of the molecule is Cc1ccccc1N(c1ccc(-c2nc(-c3ccc(-c4ccccc4)cc3)nc(-c3ccc(-c4ccccc4)cc3)n2)cc1)c1ccccc1O. The summed E-state index contributed by atoms with van der Waals surface area (Å²) in [4.78, 5) is 17.1. The van der Waals surface area contributed by atoms with Crippen LogP contribution in [-0.2, 0) is 0 Å². The number of aromatic hydroxyl groups is 1. The van der Waals surface area contributed by atoms with Gasteiger partial charge in [-0.15, -0.1) is 0 Å². The second-order valence-corrected chi connectivity index (χ2v) is 12.4. The van der Waals surface area contributed by atoms with E-state index in [-0.39, 0.29) is 5.75 Å². The highest BCUT2D eigenvalue weighted by molar-refractivity contribution is 5.82. The molecular formula is C46H34N4O. The van der Waals surface area contributed by atoms with Crippen molar-refractivity contribution in [1.29, 1.82) is 0 Å². The fourth-order valence-corrected chi connectivity index (χ4v) is 6.28. The Morgan fingerprint density at radius 1 is 0.353 bits per heavy atom. The molecule has 0 radical (unpaired) electrons. The van der Waals surface area contributed by atoms with E-state index in [1.54, 1.807) is 6.07 Å². The van der Waals surface area contributed by atoms with Crippen LogP contribution in [0.5, 0.6) is 5.75 Å². The molecule has 8 rings (SSSR count). The summed E-state index contributed by atoms with van der Waals surface area (Å²) in [6.45, 7) is 2.07. The van der Waals surface area contributed by atoms with Crippen molar-refractivity contribution in [1.82, 2.24) is 15.0 Å². The van der Waals surface area contributed by atoms with Gasteiger partial charge in [0, 0.05) is 28.1 Å². The quantitative estimate of drug-likeness (QED) is 0.176. The summed E-state index contributed by atoms with van der Waals surface area (Å²) < 4.78 is 0. The number of aryl methyl sites for hydroxylation is 1. The lowest BCUT2D eigenvalue weighted by atomic mass is 10.0. The van der Waals surface area contributed by atoms with Gasteiger partial charge in [0.1, 0.15) is 5.75 Å². The maximum atomic E-state index is 10.9. The molecule has 0 amide bonds. The Bertz CT molecular complexity index is 2260. The summed E-state index contributed by atoms with van der Waals surface area (Å²) in [5, 5.41) is 10.9. The first-order chi connectivity index (χ1) is 25.1.